The number of hydrogen-bond donors (Lipinski definition) is 2. The van der Waals surface area contributed by atoms with Gasteiger partial charge in [-0.3, -0.25) is 9.59 Å². The summed E-state index contributed by atoms with van der Waals surface area (Å²) in [6.45, 7) is 1.20. The molecule has 2 N–H and O–H groups in total. The van der Waals surface area contributed by atoms with Crippen LogP contribution in [0.4, 0.5) is 17.3 Å². The number of nitrogens with one attached hydrogen (secondary N) is 2. The maximum absolute atomic E-state index is 11.8. The Morgan fingerprint density at radius 2 is 1.82 bits per heavy atom. The van der Waals surface area contributed by atoms with E-state index in [9.17, 15) is 19.7 Å². The van der Waals surface area contributed by atoms with Gasteiger partial charge in [-0.2, -0.15) is 4.68 Å². The van der Waals surface area contributed by atoms with E-state index in [0.717, 1.165) is 11.0 Å². The summed E-state index contributed by atoms with van der Waals surface area (Å²) in [5.41, 5.74) is 1.13. The average molecular weight is 304 g/mol. The minimum absolute atomic E-state index is 0.190. The van der Waals surface area contributed by atoms with Gasteiger partial charge in [0.1, 0.15) is 6.54 Å². The van der Waals surface area contributed by atoms with Crippen molar-refractivity contribution in [1.82, 2.24) is 14.8 Å². The summed E-state index contributed by atoms with van der Waals surface area (Å²) >= 11 is 0. The zero-order valence-corrected chi connectivity index (χ0v) is 11.5. The van der Waals surface area contributed by atoms with Crippen LogP contribution in [-0.2, 0) is 16.1 Å². The lowest BCUT2D eigenvalue weighted by Gasteiger charge is -2.06. The molecule has 1 aromatic carbocycles. The van der Waals surface area contributed by atoms with E-state index in [2.05, 4.69) is 20.7 Å². The predicted molar refractivity (Wildman–Crippen MR) is 76.1 cm³/mol. The van der Waals surface area contributed by atoms with Gasteiger partial charge in [0.2, 0.25) is 18.1 Å². The first-order valence-corrected chi connectivity index (χ1v) is 6.15. The first kappa shape index (κ1) is 15.1. The van der Waals surface area contributed by atoms with Gasteiger partial charge in [-0.25, -0.2) is 0 Å². The molecule has 10 nitrogen and oxygen atoms in total. The van der Waals surface area contributed by atoms with Crippen LogP contribution >= 0.6 is 0 Å². The third kappa shape index (κ3) is 4.10. The molecule has 1 heterocycles. The molecule has 0 bridgehead atoms. The second kappa shape index (κ2) is 6.43. The molecule has 10 heteroatoms. The van der Waals surface area contributed by atoms with Crippen molar-refractivity contribution in [2.24, 2.45) is 0 Å². The smallest absolute Gasteiger partial charge is 0.390 e. The fraction of sp³-hybridized carbons (Fsp3) is 0.167. The van der Waals surface area contributed by atoms with Gasteiger partial charge in [0, 0.05) is 23.4 Å². The van der Waals surface area contributed by atoms with Crippen molar-refractivity contribution in [3.05, 3.63) is 40.7 Å². The normalized spacial score (nSPS) is 10.0. The lowest BCUT2D eigenvalue weighted by atomic mass is 10.2. The first-order chi connectivity index (χ1) is 10.4. The van der Waals surface area contributed by atoms with E-state index in [1.807, 2.05) is 0 Å². The molecule has 2 amide bonds. The zero-order valence-electron chi connectivity index (χ0n) is 11.5. The second-order valence-electron chi connectivity index (χ2n) is 4.31. The molecule has 114 valence electrons. The lowest BCUT2D eigenvalue weighted by molar-refractivity contribution is -0.394. The highest BCUT2D eigenvalue weighted by Crippen LogP contribution is 2.13. The zero-order chi connectivity index (χ0) is 16.1. The third-order valence-electron chi connectivity index (χ3n) is 2.48. The van der Waals surface area contributed by atoms with Gasteiger partial charge in [-0.1, -0.05) is 4.98 Å². The molecular weight excluding hydrogens is 292 g/mol. The van der Waals surface area contributed by atoms with Gasteiger partial charge in [0.05, 0.1) is 0 Å². The Balaban J connectivity index is 1.93. The van der Waals surface area contributed by atoms with E-state index < -0.39 is 16.8 Å². The molecule has 0 fully saturated rings. The third-order valence-corrected chi connectivity index (χ3v) is 2.48. The highest BCUT2D eigenvalue weighted by molar-refractivity contribution is 5.92. The fourth-order valence-electron chi connectivity index (χ4n) is 1.63. The Morgan fingerprint density at radius 1 is 1.23 bits per heavy atom. The largest absolute Gasteiger partial charge is 0.490 e. The molecule has 0 saturated heterocycles. The van der Waals surface area contributed by atoms with Gasteiger partial charge in [-0.05, 0) is 29.2 Å². The molecule has 0 atom stereocenters. The quantitative estimate of drug-likeness (QED) is 0.619. The number of benzene rings is 1. The number of nitrogens with zero attached hydrogens (tertiary/aromatic N) is 4. The van der Waals surface area contributed by atoms with Crippen molar-refractivity contribution < 1.29 is 14.5 Å². The number of nitro groups is 1. The molecule has 0 aliphatic carbocycles. The number of carbonyl (C=O) groups is 2. The van der Waals surface area contributed by atoms with Crippen LogP contribution in [0.2, 0.25) is 0 Å². The van der Waals surface area contributed by atoms with Gasteiger partial charge < -0.3 is 20.7 Å². The van der Waals surface area contributed by atoms with Crippen LogP contribution < -0.4 is 10.6 Å². The van der Waals surface area contributed by atoms with E-state index in [1.165, 1.54) is 6.92 Å². The number of amides is 2. The Kier molecular flexibility index (Phi) is 4.41. The minimum atomic E-state index is -0.741. The molecule has 0 spiro atoms. The van der Waals surface area contributed by atoms with Crippen LogP contribution in [0.15, 0.2) is 30.6 Å². The van der Waals surface area contributed by atoms with Crippen LogP contribution in [0, 0.1) is 10.1 Å². The first-order valence-electron chi connectivity index (χ1n) is 6.15. The van der Waals surface area contributed by atoms with E-state index in [0.29, 0.717) is 11.4 Å². The van der Waals surface area contributed by atoms with Crippen LogP contribution in [0.1, 0.15) is 6.92 Å². The van der Waals surface area contributed by atoms with Gasteiger partial charge in [0.15, 0.2) is 0 Å². The number of carbonyl (C=O) groups excluding carboxylic acids is 2. The average Bonchev–Trinajstić information content (AvgIpc) is 2.89. The molecule has 0 unspecified atom stereocenters. The standard InChI is InChI=1S/C12H12N6O4/c1-8(19)14-9-2-4-10(5-3-9)15-11(20)6-17-7-13-12(16-17)18(21)22/h2-5,7H,6H2,1H3,(H,14,19)(H,15,20). The highest BCUT2D eigenvalue weighted by Gasteiger charge is 2.15. The highest BCUT2D eigenvalue weighted by atomic mass is 16.6. The summed E-state index contributed by atoms with van der Waals surface area (Å²) in [4.78, 5) is 35.8. The van der Waals surface area contributed by atoms with Crippen molar-refractivity contribution in [1.29, 1.82) is 0 Å². The van der Waals surface area contributed by atoms with Crippen LogP contribution in [0.25, 0.3) is 0 Å². The molecule has 2 aromatic rings. The maximum atomic E-state index is 11.8. The topological polar surface area (TPSA) is 132 Å². The summed E-state index contributed by atoms with van der Waals surface area (Å²) in [5.74, 6) is -1.16. The molecule has 0 saturated carbocycles. The number of rotatable bonds is 5. The van der Waals surface area contributed by atoms with E-state index in [-0.39, 0.29) is 12.5 Å². The minimum Gasteiger partial charge on any atom is -0.390 e. The molecule has 22 heavy (non-hydrogen) atoms. The van der Waals surface area contributed by atoms with E-state index in [1.54, 1.807) is 24.3 Å². The summed E-state index contributed by atoms with van der Waals surface area (Å²) in [6, 6.07) is 6.51. The molecule has 0 aliphatic rings. The number of anilines is 2. The van der Waals surface area contributed by atoms with Gasteiger partial charge >= 0.3 is 5.95 Å². The Hall–Kier alpha value is -3.30. The van der Waals surface area contributed by atoms with Gasteiger partial charge in [0.25, 0.3) is 0 Å². The fourth-order valence-corrected chi connectivity index (χ4v) is 1.63. The summed E-state index contributed by atoms with van der Waals surface area (Å²) < 4.78 is 1.07. The monoisotopic (exact) mass is 304 g/mol. The summed E-state index contributed by atoms with van der Waals surface area (Å²) in [5, 5.41) is 19.2. The van der Waals surface area contributed by atoms with Crippen LogP contribution in [0.3, 0.4) is 0 Å². The van der Waals surface area contributed by atoms with Gasteiger partial charge in [-0.15, -0.1) is 0 Å². The Bertz CT molecular complexity index is 709. The van der Waals surface area contributed by atoms with E-state index in [4.69, 9.17) is 0 Å². The van der Waals surface area contributed by atoms with Crippen LogP contribution in [0.5, 0.6) is 0 Å². The van der Waals surface area contributed by atoms with Crippen molar-refractivity contribution in [3.63, 3.8) is 0 Å². The number of hydrogen-bond acceptors (Lipinski definition) is 6. The molecule has 1 aromatic heterocycles. The van der Waals surface area contributed by atoms with E-state index >= 15 is 0 Å². The number of aromatic nitrogens is 3. The molecule has 2 rings (SSSR count). The Labute approximate surface area is 124 Å². The van der Waals surface area contributed by atoms with Crippen molar-refractivity contribution in [3.8, 4) is 0 Å². The Morgan fingerprint density at radius 3 is 2.32 bits per heavy atom. The summed E-state index contributed by atoms with van der Waals surface area (Å²) in [7, 11) is 0. The van der Waals surface area contributed by atoms with Crippen molar-refractivity contribution in [2.75, 3.05) is 10.6 Å². The van der Waals surface area contributed by atoms with Crippen molar-refractivity contribution in [2.45, 2.75) is 13.5 Å². The lowest BCUT2D eigenvalue weighted by Crippen LogP contribution is -2.19. The predicted octanol–water partition coefficient (Wildman–Crippen LogP) is 0.783. The summed E-state index contributed by atoms with van der Waals surface area (Å²) in [6.07, 6.45) is 1.11. The van der Waals surface area contributed by atoms with Crippen LogP contribution in [-0.4, -0.2) is 31.5 Å². The SMILES string of the molecule is CC(=O)Nc1ccc(NC(=O)Cn2cnc([N+](=O)[O-])n2)cc1. The molecule has 0 radical (unpaired) electrons. The molecule has 0 aliphatic heterocycles. The second-order valence-corrected chi connectivity index (χ2v) is 4.31. The maximum Gasteiger partial charge on any atom is 0.490 e. The van der Waals surface area contributed by atoms with Crippen molar-refractivity contribution >= 4 is 29.1 Å². The molecular formula is C12H12N6O4.